The summed E-state index contributed by atoms with van der Waals surface area (Å²) in [4.78, 5) is 0. The van der Waals surface area contributed by atoms with Crippen LogP contribution in [0.4, 0.5) is 0 Å². The van der Waals surface area contributed by atoms with Gasteiger partial charge in [0.25, 0.3) is 0 Å². The highest BCUT2D eigenvalue weighted by molar-refractivity contribution is 5.67. The van der Waals surface area contributed by atoms with Crippen LogP contribution in [-0.4, -0.2) is 24.9 Å². The molecule has 0 bridgehead atoms. The fourth-order valence-electron chi connectivity index (χ4n) is 2.28. The largest absolute Gasteiger partial charge is 0.389 e. The van der Waals surface area contributed by atoms with E-state index in [4.69, 9.17) is 10.5 Å². The number of benzene rings is 2. The smallest absolute Gasteiger partial charge is 0.0965 e. The molecule has 3 nitrogen and oxygen atoms in total. The van der Waals surface area contributed by atoms with Crippen LogP contribution in [0.5, 0.6) is 0 Å². The Morgan fingerprint density at radius 2 is 1.75 bits per heavy atom. The van der Waals surface area contributed by atoms with Crippen LogP contribution >= 0.6 is 0 Å². The number of aliphatic hydroxyl groups is 1. The number of hydrogen-bond donors (Lipinski definition) is 2. The fraction of sp³-hybridized carbons (Fsp3) is 0.294. The molecule has 3 heteroatoms. The van der Waals surface area contributed by atoms with Crippen molar-refractivity contribution in [1.82, 2.24) is 0 Å². The first-order valence-electron chi connectivity index (χ1n) is 6.72. The summed E-state index contributed by atoms with van der Waals surface area (Å²) in [5.74, 6) is 0. The lowest BCUT2D eigenvalue weighted by atomic mass is 9.96. The highest BCUT2D eigenvalue weighted by Crippen LogP contribution is 2.25. The zero-order valence-electron chi connectivity index (χ0n) is 11.9. The first-order chi connectivity index (χ1) is 9.63. The summed E-state index contributed by atoms with van der Waals surface area (Å²) < 4.78 is 4.93. The van der Waals surface area contributed by atoms with Gasteiger partial charge in [-0.05, 0) is 29.2 Å². The van der Waals surface area contributed by atoms with Gasteiger partial charge >= 0.3 is 0 Å². The summed E-state index contributed by atoms with van der Waals surface area (Å²) in [6, 6.07) is 15.8. The van der Waals surface area contributed by atoms with Gasteiger partial charge in [-0.3, -0.25) is 0 Å². The van der Waals surface area contributed by atoms with Crippen LogP contribution in [0.15, 0.2) is 48.5 Å². The van der Waals surface area contributed by atoms with Crippen molar-refractivity contribution in [2.75, 3.05) is 13.7 Å². The molecule has 0 aliphatic carbocycles. The second-order valence-corrected chi connectivity index (χ2v) is 4.99. The van der Waals surface area contributed by atoms with Crippen LogP contribution in [0.1, 0.15) is 17.2 Å². The van der Waals surface area contributed by atoms with Gasteiger partial charge in [0.1, 0.15) is 0 Å². The van der Waals surface area contributed by atoms with Gasteiger partial charge in [0, 0.05) is 7.11 Å². The second kappa shape index (κ2) is 6.66. The van der Waals surface area contributed by atoms with Gasteiger partial charge in [0.05, 0.1) is 18.8 Å². The van der Waals surface area contributed by atoms with E-state index in [-0.39, 0.29) is 6.61 Å². The molecule has 0 fully saturated rings. The van der Waals surface area contributed by atoms with Crippen molar-refractivity contribution in [3.8, 4) is 11.1 Å². The average molecular weight is 271 g/mol. The van der Waals surface area contributed by atoms with E-state index >= 15 is 0 Å². The molecule has 0 heterocycles. The molecule has 2 aromatic rings. The van der Waals surface area contributed by atoms with Gasteiger partial charge in [0.15, 0.2) is 0 Å². The molecule has 0 amide bonds. The molecule has 0 spiro atoms. The SMILES string of the molecule is COC[C@H](O)[C@H](N)c1ccc(-c2ccccc2C)cc1. The monoisotopic (exact) mass is 271 g/mol. The Morgan fingerprint density at radius 1 is 1.10 bits per heavy atom. The van der Waals surface area contributed by atoms with E-state index in [0.717, 1.165) is 11.1 Å². The Morgan fingerprint density at radius 3 is 2.35 bits per heavy atom. The predicted octanol–water partition coefficient (Wildman–Crippen LogP) is 2.67. The zero-order chi connectivity index (χ0) is 14.5. The lowest BCUT2D eigenvalue weighted by Gasteiger charge is -2.18. The lowest BCUT2D eigenvalue weighted by molar-refractivity contribution is 0.0477. The van der Waals surface area contributed by atoms with E-state index in [1.807, 2.05) is 36.4 Å². The minimum absolute atomic E-state index is 0.237. The van der Waals surface area contributed by atoms with Crippen LogP contribution in [0.25, 0.3) is 11.1 Å². The summed E-state index contributed by atoms with van der Waals surface area (Å²) >= 11 is 0. The van der Waals surface area contributed by atoms with E-state index in [0.29, 0.717) is 0 Å². The molecule has 2 atom stereocenters. The number of aryl methyl sites for hydroxylation is 1. The Hall–Kier alpha value is -1.68. The maximum Gasteiger partial charge on any atom is 0.0965 e. The van der Waals surface area contributed by atoms with E-state index in [9.17, 15) is 5.11 Å². The normalized spacial score (nSPS) is 14.0. The molecule has 3 N–H and O–H groups in total. The molecule has 0 unspecified atom stereocenters. The lowest BCUT2D eigenvalue weighted by Crippen LogP contribution is -2.29. The van der Waals surface area contributed by atoms with Crippen LogP contribution in [0.3, 0.4) is 0 Å². The molecule has 0 aliphatic heterocycles. The van der Waals surface area contributed by atoms with Gasteiger partial charge in [-0.15, -0.1) is 0 Å². The van der Waals surface area contributed by atoms with E-state index < -0.39 is 12.1 Å². The summed E-state index contributed by atoms with van der Waals surface area (Å²) in [5.41, 5.74) is 10.5. The van der Waals surface area contributed by atoms with Crippen molar-refractivity contribution in [2.24, 2.45) is 5.73 Å². The molecule has 0 aliphatic rings. The topological polar surface area (TPSA) is 55.5 Å². The molecule has 2 aromatic carbocycles. The van der Waals surface area contributed by atoms with E-state index in [1.165, 1.54) is 11.1 Å². The zero-order valence-corrected chi connectivity index (χ0v) is 11.9. The van der Waals surface area contributed by atoms with Gasteiger partial charge in [-0.25, -0.2) is 0 Å². The van der Waals surface area contributed by atoms with Crippen molar-refractivity contribution in [1.29, 1.82) is 0 Å². The first kappa shape index (κ1) is 14.7. The Balaban J connectivity index is 2.20. The quantitative estimate of drug-likeness (QED) is 0.879. The second-order valence-electron chi connectivity index (χ2n) is 4.99. The molecule has 0 aromatic heterocycles. The number of methoxy groups -OCH3 is 1. The Kier molecular flexibility index (Phi) is 4.90. The van der Waals surface area contributed by atoms with Crippen molar-refractivity contribution in [3.05, 3.63) is 59.7 Å². The van der Waals surface area contributed by atoms with Crippen LogP contribution < -0.4 is 5.73 Å². The van der Waals surface area contributed by atoms with Gasteiger partial charge in [-0.1, -0.05) is 48.5 Å². The maximum absolute atomic E-state index is 9.85. The van der Waals surface area contributed by atoms with Crippen molar-refractivity contribution < 1.29 is 9.84 Å². The van der Waals surface area contributed by atoms with E-state index in [1.54, 1.807) is 7.11 Å². The number of rotatable bonds is 5. The standard InChI is InChI=1S/C17H21NO2/c1-12-5-3-4-6-15(12)13-7-9-14(10-8-13)17(18)16(19)11-20-2/h3-10,16-17,19H,11,18H2,1-2H3/t16-,17+/m0/s1. The Bertz CT molecular complexity index is 551. The number of aliphatic hydroxyl groups excluding tert-OH is 1. The molecule has 2 rings (SSSR count). The highest BCUT2D eigenvalue weighted by atomic mass is 16.5. The summed E-state index contributed by atoms with van der Waals surface area (Å²) in [6.07, 6.45) is -0.690. The third-order valence-electron chi connectivity index (χ3n) is 3.50. The summed E-state index contributed by atoms with van der Waals surface area (Å²) in [6.45, 7) is 2.33. The number of hydrogen-bond acceptors (Lipinski definition) is 3. The molecule has 106 valence electrons. The van der Waals surface area contributed by atoms with Crippen molar-refractivity contribution >= 4 is 0 Å². The maximum atomic E-state index is 9.85. The predicted molar refractivity (Wildman–Crippen MR) is 81.4 cm³/mol. The highest BCUT2D eigenvalue weighted by Gasteiger charge is 2.16. The average Bonchev–Trinajstić information content (AvgIpc) is 2.47. The Labute approximate surface area is 120 Å². The van der Waals surface area contributed by atoms with Crippen LogP contribution in [-0.2, 0) is 4.74 Å². The van der Waals surface area contributed by atoms with Gasteiger partial charge in [-0.2, -0.15) is 0 Å². The third-order valence-corrected chi connectivity index (χ3v) is 3.50. The first-order valence-corrected chi connectivity index (χ1v) is 6.72. The molecule has 0 saturated carbocycles. The van der Waals surface area contributed by atoms with Gasteiger partial charge in [0.2, 0.25) is 0 Å². The minimum Gasteiger partial charge on any atom is -0.389 e. The summed E-state index contributed by atoms with van der Waals surface area (Å²) in [7, 11) is 1.55. The fourth-order valence-corrected chi connectivity index (χ4v) is 2.28. The molecular formula is C17H21NO2. The molecule has 20 heavy (non-hydrogen) atoms. The molecular weight excluding hydrogens is 250 g/mol. The van der Waals surface area contributed by atoms with Crippen LogP contribution in [0, 0.1) is 6.92 Å². The molecule has 0 radical (unpaired) electrons. The van der Waals surface area contributed by atoms with Crippen molar-refractivity contribution in [3.63, 3.8) is 0 Å². The summed E-state index contributed by atoms with van der Waals surface area (Å²) in [5, 5.41) is 9.85. The third kappa shape index (κ3) is 3.25. The minimum atomic E-state index is -0.690. The number of nitrogens with two attached hydrogens (primary N) is 1. The molecule has 0 saturated heterocycles. The van der Waals surface area contributed by atoms with E-state index in [2.05, 4.69) is 19.1 Å². The number of ether oxygens (including phenoxy) is 1. The van der Waals surface area contributed by atoms with Gasteiger partial charge < -0.3 is 15.6 Å². The van der Waals surface area contributed by atoms with Crippen molar-refractivity contribution in [2.45, 2.75) is 19.1 Å². The van der Waals surface area contributed by atoms with Crippen LogP contribution in [0.2, 0.25) is 0 Å².